The predicted octanol–water partition coefficient (Wildman–Crippen LogP) is 1.86. The Kier molecular flexibility index (Phi) is 6.09. The molecule has 0 aromatic rings. The molecule has 128 valence electrons. The number of rotatable bonds is 3. The SMILES string of the molecule is CCNC(=NCC1CCCOC1C(C)(C)C)N1CC[C@@H](O)C1. The molecule has 0 aliphatic carbocycles. The maximum absolute atomic E-state index is 9.74. The van der Waals surface area contributed by atoms with Crippen molar-refractivity contribution < 1.29 is 9.84 Å². The average Bonchev–Trinajstić information content (AvgIpc) is 2.89. The Balaban J connectivity index is 2.01. The largest absolute Gasteiger partial charge is 0.391 e. The normalized spacial score (nSPS) is 30.7. The third-order valence-electron chi connectivity index (χ3n) is 4.57. The molecule has 2 fully saturated rings. The first-order valence-electron chi connectivity index (χ1n) is 8.74. The number of likely N-dealkylation sites (tertiary alicyclic amines) is 1. The molecule has 0 aromatic carbocycles. The number of ether oxygens (including phenoxy) is 1. The molecule has 2 N–H and O–H groups in total. The summed E-state index contributed by atoms with van der Waals surface area (Å²) in [5.41, 5.74) is 0.156. The number of nitrogens with one attached hydrogen (secondary N) is 1. The van der Waals surface area contributed by atoms with Crippen LogP contribution >= 0.6 is 0 Å². The molecule has 0 radical (unpaired) electrons. The van der Waals surface area contributed by atoms with Crippen molar-refractivity contribution in [3.63, 3.8) is 0 Å². The van der Waals surface area contributed by atoms with Crippen molar-refractivity contribution in [1.29, 1.82) is 0 Å². The van der Waals surface area contributed by atoms with E-state index in [0.29, 0.717) is 12.5 Å². The van der Waals surface area contributed by atoms with Gasteiger partial charge in [-0.05, 0) is 31.6 Å². The number of hydrogen-bond acceptors (Lipinski definition) is 3. The van der Waals surface area contributed by atoms with E-state index in [4.69, 9.17) is 9.73 Å². The van der Waals surface area contributed by atoms with Gasteiger partial charge in [0.05, 0.1) is 12.2 Å². The lowest BCUT2D eigenvalue weighted by molar-refractivity contribution is -0.0824. The van der Waals surface area contributed by atoms with Crippen LogP contribution in [0.2, 0.25) is 0 Å². The van der Waals surface area contributed by atoms with E-state index in [1.807, 2.05) is 0 Å². The lowest BCUT2D eigenvalue weighted by Gasteiger charge is -2.39. The molecule has 22 heavy (non-hydrogen) atoms. The molecule has 5 nitrogen and oxygen atoms in total. The summed E-state index contributed by atoms with van der Waals surface area (Å²) >= 11 is 0. The fourth-order valence-electron chi connectivity index (χ4n) is 3.55. The Morgan fingerprint density at radius 2 is 2.14 bits per heavy atom. The van der Waals surface area contributed by atoms with Crippen LogP contribution in [-0.2, 0) is 4.74 Å². The van der Waals surface area contributed by atoms with Crippen molar-refractivity contribution in [2.45, 2.75) is 59.2 Å². The first-order chi connectivity index (χ1) is 10.4. The van der Waals surface area contributed by atoms with Crippen molar-refractivity contribution >= 4 is 5.96 Å². The number of β-amino-alcohol motifs (C(OH)–C–C–N with tert-alkyl or cyclic N) is 1. The number of aliphatic hydroxyl groups is 1. The second-order valence-corrected chi connectivity index (χ2v) is 7.64. The Bertz CT molecular complexity index is 379. The standard InChI is InChI=1S/C17H33N3O2/c1-5-18-16(20-9-8-14(21)12-20)19-11-13-7-6-10-22-15(13)17(2,3)4/h13-15,21H,5-12H2,1-4H3,(H,18,19)/t13?,14-,15?/m1/s1. The van der Waals surface area contributed by atoms with Gasteiger partial charge in [-0.25, -0.2) is 0 Å². The van der Waals surface area contributed by atoms with Gasteiger partial charge in [-0.1, -0.05) is 20.8 Å². The number of aliphatic imine (C=N–C) groups is 1. The van der Waals surface area contributed by atoms with Crippen molar-refractivity contribution in [2.75, 3.05) is 32.8 Å². The first-order valence-corrected chi connectivity index (χ1v) is 8.74. The van der Waals surface area contributed by atoms with Crippen LogP contribution in [0.1, 0.15) is 47.0 Å². The Morgan fingerprint density at radius 1 is 1.36 bits per heavy atom. The molecule has 2 aliphatic heterocycles. The molecule has 3 atom stereocenters. The van der Waals surface area contributed by atoms with E-state index in [0.717, 1.165) is 45.0 Å². The summed E-state index contributed by atoms with van der Waals surface area (Å²) in [6.45, 7) is 13.0. The summed E-state index contributed by atoms with van der Waals surface area (Å²) in [6, 6.07) is 0. The minimum absolute atomic E-state index is 0.156. The Labute approximate surface area is 135 Å². The molecular formula is C17H33N3O2. The molecule has 0 saturated carbocycles. The average molecular weight is 311 g/mol. The van der Waals surface area contributed by atoms with E-state index in [1.54, 1.807) is 0 Å². The molecule has 2 unspecified atom stereocenters. The fraction of sp³-hybridized carbons (Fsp3) is 0.941. The molecule has 2 rings (SSSR count). The van der Waals surface area contributed by atoms with Crippen molar-refractivity contribution in [3.8, 4) is 0 Å². The zero-order valence-electron chi connectivity index (χ0n) is 14.6. The quantitative estimate of drug-likeness (QED) is 0.617. The molecule has 2 heterocycles. The molecule has 2 aliphatic rings. The zero-order chi connectivity index (χ0) is 16.2. The van der Waals surface area contributed by atoms with Gasteiger partial charge >= 0.3 is 0 Å². The molecule has 0 bridgehead atoms. The van der Waals surface area contributed by atoms with E-state index >= 15 is 0 Å². The fourth-order valence-corrected chi connectivity index (χ4v) is 3.55. The number of guanidine groups is 1. The summed E-state index contributed by atoms with van der Waals surface area (Å²) in [5, 5.41) is 13.1. The van der Waals surface area contributed by atoms with Crippen LogP contribution in [0, 0.1) is 11.3 Å². The summed E-state index contributed by atoms with van der Waals surface area (Å²) in [6.07, 6.45) is 3.21. The van der Waals surface area contributed by atoms with Crippen LogP contribution in [0.5, 0.6) is 0 Å². The van der Waals surface area contributed by atoms with E-state index in [1.165, 1.54) is 6.42 Å². The van der Waals surface area contributed by atoms with E-state index < -0.39 is 0 Å². The lowest BCUT2D eigenvalue weighted by Crippen LogP contribution is -2.43. The van der Waals surface area contributed by atoms with Gasteiger partial charge in [0.25, 0.3) is 0 Å². The minimum Gasteiger partial charge on any atom is -0.391 e. The smallest absolute Gasteiger partial charge is 0.194 e. The maximum Gasteiger partial charge on any atom is 0.194 e. The monoisotopic (exact) mass is 311 g/mol. The van der Waals surface area contributed by atoms with Gasteiger partial charge in [0.2, 0.25) is 0 Å². The van der Waals surface area contributed by atoms with E-state index in [-0.39, 0.29) is 17.6 Å². The van der Waals surface area contributed by atoms with Crippen LogP contribution in [0.4, 0.5) is 0 Å². The minimum atomic E-state index is -0.218. The second-order valence-electron chi connectivity index (χ2n) is 7.64. The summed E-state index contributed by atoms with van der Waals surface area (Å²) in [5.74, 6) is 1.42. The van der Waals surface area contributed by atoms with Gasteiger partial charge < -0.3 is 20.1 Å². The third-order valence-corrected chi connectivity index (χ3v) is 4.57. The van der Waals surface area contributed by atoms with Crippen molar-refractivity contribution in [2.24, 2.45) is 16.3 Å². The molecule has 0 spiro atoms. The van der Waals surface area contributed by atoms with Crippen LogP contribution in [-0.4, -0.2) is 61.0 Å². The molecule has 2 saturated heterocycles. The van der Waals surface area contributed by atoms with E-state index in [2.05, 4.69) is 37.9 Å². The Morgan fingerprint density at radius 3 is 2.73 bits per heavy atom. The van der Waals surface area contributed by atoms with Crippen LogP contribution < -0.4 is 5.32 Å². The number of hydrogen-bond donors (Lipinski definition) is 2. The zero-order valence-corrected chi connectivity index (χ0v) is 14.6. The van der Waals surface area contributed by atoms with Crippen molar-refractivity contribution in [3.05, 3.63) is 0 Å². The van der Waals surface area contributed by atoms with Gasteiger partial charge in [-0.15, -0.1) is 0 Å². The highest BCUT2D eigenvalue weighted by Crippen LogP contribution is 2.34. The highest BCUT2D eigenvalue weighted by atomic mass is 16.5. The maximum atomic E-state index is 9.74. The van der Waals surface area contributed by atoms with Crippen molar-refractivity contribution in [1.82, 2.24) is 10.2 Å². The summed E-state index contributed by atoms with van der Waals surface area (Å²) in [7, 11) is 0. The molecular weight excluding hydrogens is 278 g/mol. The van der Waals surface area contributed by atoms with Gasteiger partial charge in [0.15, 0.2) is 5.96 Å². The van der Waals surface area contributed by atoms with Crippen LogP contribution in [0.15, 0.2) is 4.99 Å². The first kappa shape index (κ1) is 17.5. The van der Waals surface area contributed by atoms with Gasteiger partial charge in [-0.2, -0.15) is 0 Å². The predicted molar refractivity (Wildman–Crippen MR) is 90.1 cm³/mol. The van der Waals surface area contributed by atoms with Gasteiger partial charge in [-0.3, -0.25) is 4.99 Å². The highest BCUT2D eigenvalue weighted by Gasteiger charge is 2.35. The molecule has 0 aromatic heterocycles. The molecule has 0 amide bonds. The Hall–Kier alpha value is -0.810. The second kappa shape index (κ2) is 7.64. The third kappa shape index (κ3) is 4.59. The van der Waals surface area contributed by atoms with Crippen LogP contribution in [0.25, 0.3) is 0 Å². The topological polar surface area (TPSA) is 57.1 Å². The van der Waals surface area contributed by atoms with Gasteiger partial charge in [0.1, 0.15) is 0 Å². The summed E-state index contributed by atoms with van der Waals surface area (Å²) < 4.78 is 6.05. The summed E-state index contributed by atoms with van der Waals surface area (Å²) in [4.78, 5) is 7.03. The highest BCUT2D eigenvalue weighted by molar-refractivity contribution is 5.80. The van der Waals surface area contributed by atoms with E-state index in [9.17, 15) is 5.11 Å². The van der Waals surface area contributed by atoms with Gasteiger partial charge in [0, 0.05) is 38.7 Å². The number of aliphatic hydroxyl groups excluding tert-OH is 1. The lowest BCUT2D eigenvalue weighted by atomic mass is 9.78. The molecule has 5 heteroatoms. The number of nitrogens with zero attached hydrogens (tertiary/aromatic N) is 2. The van der Waals surface area contributed by atoms with Crippen LogP contribution in [0.3, 0.4) is 0 Å².